The van der Waals surface area contributed by atoms with E-state index in [0.29, 0.717) is 11.8 Å². The van der Waals surface area contributed by atoms with Gasteiger partial charge in [0, 0.05) is 0 Å². The fraction of sp³-hybridized carbons (Fsp3) is 0.385. The minimum atomic E-state index is 0.133. The topological polar surface area (TPSA) is 38.9 Å². The molecule has 3 nitrogen and oxygen atoms in total. The molecular weight excluding hydrogens is 280 g/mol. The van der Waals surface area contributed by atoms with E-state index in [2.05, 4.69) is 52.1 Å². The Bertz CT molecular complexity index is 469. The van der Waals surface area contributed by atoms with Crippen LogP contribution in [0.5, 0.6) is 0 Å². The van der Waals surface area contributed by atoms with Gasteiger partial charge in [-0.25, -0.2) is 0 Å². The number of aromatic nitrogens is 2. The van der Waals surface area contributed by atoms with Crippen LogP contribution in [0.3, 0.4) is 0 Å². The largest absolute Gasteiger partial charge is 0.423 e. The van der Waals surface area contributed by atoms with Crippen LogP contribution >= 0.6 is 15.9 Å². The molecule has 0 radical (unpaired) electrons. The number of hydrogen-bond donors (Lipinski definition) is 0. The molecule has 1 aromatic carbocycles. The second-order valence-corrected chi connectivity index (χ2v) is 5.09. The van der Waals surface area contributed by atoms with Crippen LogP contribution in [0.4, 0.5) is 0 Å². The van der Waals surface area contributed by atoms with E-state index in [1.807, 2.05) is 18.2 Å². The molecule has 2 rings (SSSR count). The molecule has 2 unspecified atom stereocenters. The number of rotatable bonds is 4. The highest BCUT2D eigenvalue weighted by molar-refractivity contribution is 9.09. The van der Waals surface area contributed by atoms with Crippen LogP contribution in [-0.4, -0.2) is 10.2 Å². The van der Waals surface area contributed by atoms with Gasteiger partial charge in [-0.05, 0) is 18.9 Å². The van der Waals surface area contributed by atoms with Crippen LogP contribution in [0, 0.1) is 0 Å². The van der Waals surface area contributed by atoms with Gasteiger partial charge in [-0.3, -0.25) is 0 Å². The molecule has 1 aromatic heterocycles. The third-order valence-corrected chi connectivity index (χ3v) is 3.79. The quantitative estimate of drug-likeness (QED) is 0.798. The first-order valence-corrected chi connectivity index (χ1v) is 6.66. The second kappa shape index (κ2) is 5.45. The Morgan fingerprint density at radius 1 is 1.18 bits per heavy atom. The van der Waals surface area contributed by atoms with Gasteiger partial charge in [0.2, 0.25) is 11.8 Å². The maximum atomic E-state index is 5.68. The van der Waals surface area contributed by atoms with Crippen LogP contribution in [0.15, 0.2) is 34.7 Å². The Kier molecular flexibility index (Phi) is 3.94. The summed E-state index contributed by atoms with van der Waals surface area (Å²) in [5.74, 6) is 1.46. The number of hydrogen-bond acceptors (Lipinski definition) is 3. The fourth-order valence-corrected chi connectivity index (χ4v) is 1.79. The van der Waals surface area contributed by atoms with Gasteiger partial charge < -0.3 is 4.42 Å². The highest BCUT2D eigenvalue weighted by atomic mass is 79.9. The Balaban J connectivity index is 2.20. The van der Waals surface area contributed by atoms with E-state index in [-0.39, 0.29) is 10.7 Å². The van der Waals surface area contributed by atoms with Crippen molar-refractivity contribution in [3.63, 3.8) is 0 Å². The zero-order valence-electron chi connectivity index (χ0n) is 9.93. The van der Waals surface area contributed by atoms with Crippen LogP contribution in [0.2, 0.25) is 0 Å². The average Bonchev–Trinajstić information content (AvgIpc) is 2.87. The Morgan fingerprint density at radius 3 is 2.47 bits per heavy atom. The zero-order chi connectivity index (χ0) is 12.3. The van der Waals surface area contributed by atoms with Crippen molar-refractivity contribution in [3.05, 3.63) is 47.7 Å². The summed E-state index contributed by atoms with van der Waals surface area (Å²) in [5.41, 5.74) is 1.19. The summed E-state index contributed by atoms with van der Waals surface area (Å²) >= 11 is 3.51. The average molecular weight is 295 g/mol. The van der Waals surface area contributed by atoms with Crippen molar-refractivity contribution in [3.8, 4) is 0 Å². The lowest BCUT2D eigenvalue weighted by molar-refractivity contribution is 0.436. The lowest BCUT2D eigenvalue weighted by atomic mass is 10.0. The summed E-state index contributed by atoms with van der Waals surface area (Å²) in [4.78, 5) is 0.145. The van der Waals surface area contributed by atoms with Crippen molar-refractivity contribution in [2.24, 2.45) is 0 Å². The third-order valence-electron chi connectivity index (χ3n) is 2.75. The summed E-state index contributed by atoms with van der Waals surface area (Å²) in [6.07, 6.45) is 0.932. The Labute approximate surface area is 109 Å². The van der Waals surface area contributed by atoms with Gasteiger partial charge in [0.1, 0.15) is 0 Å². The minimum absolute atomic E-state index is 0.133. The predicted octanol–water partition coefficient (Wildman–Crippen LogP) is 4.07. The normalized spacial score (nSPS) is 14.5. The van der Waals surface area contributed by atoms with Gasteiger partial charge in [0.05, 0.1) is 10.7 Å². The fourth-order valence-electron chi connectivity index (χ4n) is 1.61. The van der Waals surface area contributed by atoms with Crippen molar-refractivity contribution in [2.75, 3.05) is 0 Å². The molecule has 0 N–H and O–H groups in total. The molecule has 17 heavy (non-hydrogen) atoms. The molecule has 0 bridgehead atoms. The van der Waals surface area contributed by atoms with Gasteiger partial charge in [-0.2, -0.15) is 0 Å². The van der Waals surface area contributed by atoms with E-state index in [1.54, 1.807) is 0 Å². The van der Waals surface area contributed by atoms with Crippen molar-refractivity contribution in [1.29, 1.82) is 0 Å². The second-order valence-electron chi connectivity index (χ2n) is 3.99. The molecule has 0 saturated heterocycles. The van der Waals surface area contributed by atoms with Gasteiger partial charge in [-0.15, -0.1) is 10.2 Å². The Hall–Kier alpha value is -1.16. The maximum absolute atomic E-state index is 5.68. The smallest absolute Gasteiger partial charge is 0.230 e. The molecule has 4 heteroatoms. The van der Waals surface area contributed by atoms with Crippen molar-refractivity contribution in [2.45, 2.75) is 31.0 Å². The number of alkyl halides is 1. The lowest BCUT2D eigenvalue weighted by Gasteiger charge is -2.06. The molecule has 0 spiro atoms. The standard InChI is InChI=1S/C13H15BrN2O/c1-3-11(14)13-16-15-12(17-13)9(2)10-7-5-4-6-8-10/h4-9,11H,3H2,1-2H3. The highest BCUT2D eigenvalue weighted by Gasteiger charge is 2.18. The monoisotopic (exact) mass is 294 g/mol. The van der Waals surface area contributed by atoms with E-state index in [9.17, 15) is 0 Å². The maximum Gasteiger partial charge on any atom is 0.230 e. The third kappa shape index (κ3) is 2.75. The van der Waals surface area contributed by atoms with Crippen LogP contribution in [0.1, 0.15) is 48.4 Å². The van der Waals surface area contributed by atoms with E-state index in [1.165, 1.54) is 5.56 Å². The molecule has 90 valence electrons. The summed E-state index contributed by atoms with van der Waals surface area (Å²) in [7, 11) is 0. The minimum Gasteiger partial charge on any atom is -0.423 e. The molecule has 0 aliphatic rings. The highest BCUT2D eigenvalue weighted by Crippen LogP contribution is 2.28. The SMILES string of the molecule is CCC(Br)c1nnc(C(C)c2ccccc2)o1. The summed E-state index contributed by atoms with van der Waals surface area (Å²) in [5, 5.41) is 8.18. The summed E-state index contributed by atoms with van der Waals surface area (Å²) in [6.45, 7) is 4.14. The van der Waals surface area contributed by atoms with Crippen LogP contribution < -0.4 is 0 Å². The molecule has 0 amide bonds. The molecule has 0 fully saturated rings. The molecule has 2 aromatic rings. The van der Waals surface area contributed by atoms with E-state index >= 15 is 0 Å². The summed E-state index contributed by atoms with van der Waals surface area (Å²) in [6, 6.07) is 10.2. The van der Waals surface area contributed by atoms with E-state index in [0.717, 1.165) is 6.42 Å². The van der Waals surface area contributed by atoms with Crippen molar-refractivity contribution < 1.29 is 4.42 Å². The summed E-state index contributed by atoms with van der Waals surface area (Å²) < 4.78 is 5.68. The molecule has 0 saturated carbocycles. The van der Waals surface area contributed by atoms with Crippen molar-refractivity contribution >= 4 is 15.9 Å². The first-order valence-electron chi connectivity index (χ1n) is 5.74. The molecular formula is C13H15BrN2O. The Morgan fingerprint density at radius 2 is 1.82 bits per heavy atom. The first-order chi connectivity index (χ1) is 8.22. The molecule has 1 heterocycles. The van der Waals surface area contributed by atoms with E-state index < -0.39 is 0 Å². The molecule has 0 aliphatic carbocycles. The van der Waals surface area contributed by atoms with Crippen LogP contribution in [-0.2, 0) is 0 Å². The van der Waals surface area contributed by atoms with Gasteiger partial charge in [0.15, 0.2) is 0 Å². The van der Waals surface area contributed by atoms with Gasteiger partial charge >= 0.3 is 0 Å². The number of halogens is 1. The van der Waals surface area contributed by atoms with Gasteiger partial charge in [0.25, 0.3) is 0 Å². The molecule has 2 atom stereocenters. The predicted molar refractivity (Wildman–Crippen MR) is 70.2 cm³/mol. The first kappa shape index (κ1) is 12.3. The van der Waals surface area contributed by atoms with Crippen LogP contribution in [0.25, 0.3) is 0 Å². The zero-order valence-corrected chi connectivity index (χ0v) is 11.5. The molecule has 0 aliphatic heterocycles. The lowest BCUT2D eigenvalue weighted by Crippen LogP contribution is -1.95. The number of benzene rings is 1. The van der Waals surface area contributed by atoms with Crippen molar-refractivity contribution in [1.82, 2.24) is 10.2 Å². The van der Waals surface area contributed by atoms with Gasteiger partial charge in [-0.1, -0.05) is 53.2 Å². The number of nitrogens with zero attached hydrogens (tertiary/aromatic N) is 2. The van der Waals surface area contributed by atoms with E-state index in [4.69, 9.17) is 4.42 Å².